The second-order valence-electron chi connectivity index (χ2n) is 3.44. The molecule has 0 aromatic heterocycles. The van der Waals surface area contributed by atoms with E-state index in [1.54, 1.807) is 6.92 Å². The molecule has 1 aliphatic rings. The molecule has 0 aliphatic carbocycles. The molecule has 0 aromatic rings. The standard InChI is InChI=1S/C9H18O3/c1-8(10)6-12-7-9-2-4-11-5-3-9/h8-10H,2-7H2,1H3. The Balaban J connectivity index is 1.98. The molecule has 0 bridgehead atoms. The molecule has 1 atom stereocenters. The van der Waals surface area contributed by atoms with Crippen LogP contribution in [0.4, 0.5) is 0 Å². The topological polar surface area (TPSA) is 38.7 Å². The van der Waals surface area contributed by atoms with Gasteiger partial charge in [-0.05, 0) is 25.7 Å². The zero-order chi connectivity index (χ0) is 8.81. The minimum absolute atomic E-state index is 0.343. The maximum atomic E-state index is 8.93. The lowest BCUT2D eigenvalue weighted by molar-refractivity contribution is -0.00466. The van der Waals surface area contributed by atoms with Crippen molar-refractivity contribution < 1.29 is 14.6 Å². The second kappa shape index (κ2) is 5.51. The van der Waals surface area contributed by atoms with Crippen molar-refractivity contribution in [2.75, 3.05) is 26.4 Å². The van der Waals surface area contributed by atoms with E-state index < -0.39 is 0 Å². The van der Waals surface area contributed by atoms with E-state index in [9.17, 15) is 0 Å². The molecule has 72 valence electrons. The summed E-state index contributed by atoms with van der Waals surface area (Å²) in [7, 11) is 0. The van der Waals surface area contributed by atoms with Crippen molar-refractivity contribution in [3.8, 4) is 0 Å². The fraction of sp³-hybridized carbons (Fsp3) is 1.00. The van der Waals surface area contributed by atoms with Gasteiger partial charge in [-0.2, -0.15) is 0 Å². The first kappa shape index (κ1) is 9.96. The number of hydrogen-bond acceptors (Lipinski definition) is 3. The van der Waals surface area contributed by atoms with Crippen LogP contribution in [0.2, 0.25) is 0 Å². The molecule has 3 nitrogen and oxygen atoms in total. The largest absolute Gasteiger partial charge is 0.391 e. The van der Waals surface area contributed by atoms with E-state index >= 15 is 0 Å². The van der Waals surface area contributed by atoms with Gasteiger partial charge in [-0.25, -0.2) is 0 Å². The van der Waals surface area contributed by atoms with Crippen LogP contribution in [0.5, 0.6) is 0 Å². The molecule has 1 rings (SSSR count). The number of aliphatic hydroxyl groups is 1. The predicted octanol–water partition coefficient (Wildman–Crippen LogP) is 0.810. The highest BCUT2D eigenvalue weighted by atomic mass is 16.5. The summed E-state index contributed by atoms with van der Waals surface area (Å²) in [5.41, 5.74) is 0. The molecular formula is C9H18O3. The van der Waals surface area contributed by atoms with Crippen LogP contribution in [0.1, 0.15) is 19.8 Å². The van der Waals surface area contributed by atoms with Crippen molar-refractivity contribution in [1.29, 1.82) is 0 Å². The molecule has 1 heterocycles. The van der Waals surface area contributed by atoms with Gasteiger partial charge in [0.25, 0.3) is 0 Å². The van der Waals surface area contributed by atoms with Gasteiger partial charge >= 0.3 is 0 Å². The summed E-state index contributed by atoms with van der Waals surface area (Å²) in [6, 6.07) is 0. The Morgan fingerprint density at radius 3 is 2.75 bits per heavy atom. The number of hydrogen-bond donors (Lipinski definition) is 1. The smallest absolute Gasteiger partial charge is 0.0745 e. The lowest BCUT2D eigenvalue weighted by Gasteiger charge is -2.21. The summed E-state index contributed by atoms with van der Waals surface area (Å²) in [5, 5.41) is 8.93. The molecule has 1 fully saturated rings. The predicted molar refractivity (Wildman–Crippen MR) is 46.0 cm³/mol. The highest BCUT2D eigenvalue weighted by molar-refractivity contribution is 4.62. The van der Waals surface area contributed by atoms with Crippen molar-refractivity contribution in [3.05, 3.63) is 0 Å². The molecule has 1 saturated heterocycles. The van der Waals surface area contributed by atoms with E-state index in [0.29, 0.717) is 12.5 Å². The summed E-state index contributed by atoms with van der Waals surface area (Å²) in [6.07, 6.45) is 1.85. The Morgan fingerprint density at radius 1 is 1.50 bits per heavy atom. The van der Waals surface area contributed by atoms with Crippen LogP contribution in [0, 0.1) is 5.92 Å². The summed E-state index contributed by atoms with van der Waals surface area (Å²) in [6.45, 7) is 4.70. The fourth-order valence-electron chi connectivity index (χ4n) is 1.32. The molecule has 0 spiro atoms. The third-order valence-corrected chi connectivity index (χ3v) is 2.05. The molecule has 12 heavy (non-hydrogen) atoms. The monoisotopic (exact) mass is 174 g/mol. The molecule has 0 amide bonds. The van der Waals surface area contributed by atoms with E-state index in [1.807, 2.05) is 0 Å². The lowest BCUT2D eigenvalue weighted by atomic mass is 10.0. The van der Waals surface area contributed by atoms with E-state index in [-0.39, 0.29) is 6.10 Å². The van der Waals surface area contributed by atoms with Gasteiger partial charge < -0.3 is 14.6 Å². The Labute approximate surface area is 73.7 Å². The van der Waals surface area contributed by atoms with E-state index in [0.717, 1.165) is 32.7 Å². The van der Waals surface area contributed by atoms with Crippen molar-refractivity contribution >= 4 is 0 Å². The summed E-state index contributed by atoms with van der Waals surface area (Å²) >= 11 is 0. The summed E-state index contributed by atoms with van der Waals surface area (Å²) < 4.78 is 10.6. The minimum atomic E-state index is -0.343. The summed E-state index contributed by atoms with van der Waals surface area (Å²) in [5.74, 6) is 0.637. The minimum Gasteiger partial charge on any atom is -0.391 e. The summed E-state index contributed by atoms with van der Waals surface area (Å²) in [4.78, 5) is 0. The van der Waals surface area contributed by atoms with Crippen LogP contribution in [-0.2, 0) is 9.47 Å². The Kier molecular flexibility index (Phi) is 4.58. The number of aliphatic hydroxyl groups excluding tert-OH is 1. The highest BCUT2D eigenvalue weighted by Gasteiger charge is 2.13. The maximum absolute atomic E-state index is 8.93. The van der Waals surface area contributed by atoms with Gasteiger partial charge in [-0.3, -0.25) is 0 Å². The fourth-order valence-corrected chi connectivity index (χ4v) is 1.32. The quantitative estimate of drug-likeness (QED) is 0.685. The normalized spacial score (nSPS) is 22.5. The van der Waals surface area contributed by atoms with Gasteiger partial charge in [0.05, 0.1) is 12.7 Å². The third kappa shape index (κ3) is 4.04. The third-order valence-electron chi connectivity index (χ3n) is 2.05. The van der Waals surface area contributed by atoms with Gasteiger partial charge in [0.2, 0.25) is 0 Å². The van der Waals surface area contributed by atoms with Crippen molar-refractivity contribution in [2.24, 2.45) is 5.92 Å². The molecule has 0 radical (unpaired) electrons. The van der Waals surface area contributed by atoms with Crippen molar-refractivity contribution in [1.82, 2.24) is 0 Å². The van der Waals surface area contributed by atoms with Crippen LogP contribution >= 0.6 is 0 Å². The van der Waals surface area contributed by atoms with E-state index in [4.69, 9.17) is 14.6 Å². The average molecular weight is 174 g/mol. The molecular weight excluding hydrogens is 156 g/mol. The van der Waals surface area contributed by atoms with Crippen LogP contribution in [-0.4, -0.2) is 37.6 Å². The van der Waals surface area contributed by atoms with Gasteiger partial charge in [0.15, 0.2) is 0 Å². The van der Waals surface area contributed by atoms with Crippen LogP contribution in [0.3, 0.4) is 0 Å². The Hall–Kier alpha value is -0.120. The molecule has 1 unspecified atom stereocenters. The number of ether oxygens (including phenoxy) is 2. The van der Waals surface area contributed by atoms with Gasteiger partial charge in [-0.15, -0.1) is 0 Å². The SMILES string of the molecule is CC(O)COCC1CCOCC1. The van der Waals surface area contributed by atoms with E-state index in [1.165, 1.54) is 0 Å². The Bertz CT molecular complexity index is 108. The molecule has 1 aliphatic heterocycles. The van der Waals surface area contributed by atoms with Crippen LogP contribution < -0.4 is 0 Å². The molecule has 0 saturated carbocycles. The van der Waals surface area contributed by atoms with Gasteiger partial charge in [0, 0.05) is 19.8 Å². The van der Waals surface area contributed by atoms with Crippen LogP contribution in [0.15, 0.2) is 0 Å². The van der Waals surface area contributed by atoms with Crippen molar-refractivity contribution in [3.63, 3.8) is 0 Å². The highest BCUT2D eigenvalue weighted by Crippen LogP contribution is 2.14. The zero-order valence-electron chi connectivity index (χ0n) is 7.66. The second-order valence-corrected chi connectivity index (χ2v) is 3.44. The average Bonchev–Trinajstić information content (AvgIpc) is 2.05. The number of rotatable bonds is 4. The first-order valence-corrected chi connectivity index (χ1v) is 4.62. The van der Waals surface area contributed by atoms with Gasteiger partial charge in [-0.1, -0.05) is 0 Å². The Morgan fingerprint density at radius 2 is 2.17 bits per heavy atom. The first-order valence-electron chi connectivity index (χ1n) is 4.62. The van der Waals surface area contributed by atoms with Crippen molar-refractivity contribution in [2.45, 2.75) is 25.9 Å². The zero-order valence-corrected chi connectivity index (χ0v) is 7.66. The van der Waals surface area contributed by atoms with Crippen LogP contribution in [0.25, 0.3) is 0 Å². The molecule has 3 heteroatoms. The van der Waals surface area contributed by atoms with Gasteiger partial charge in [0.1, 0.15) is 0 Å². The molecule has 0 aromatic carbocycles. The van der Waals surface area contributed by atoms with E-state index in [2.05, 4.69) is 0 Å². The first-order chi connectivity index (χ1) is 5.79. The maximum Gasteiger partial charge on any atom is 0.0745 e. The molecule has 1 N–H and O–H groups in total. The lowest BCUT2D eigenvalue weighted by Crippen LogP contribution is -2.22.